The molecular weight excluding hydrogens is 210 g/mol. The standard InChI is InChI=1S/C14H23N3/c1-2-5-14(6-3-1)7-9-15-8-4-11-17-12-10-16-13-17/h5,10,12-13,15H,1-4,6-9,11H2. The average Bonchev–Trinajstić information content (AvgIpc) is 2.88. The zero-order valence-corrected chi connectivity index (χ0v) is 10.6. The molecule has 0 amide bonds. The molecule has 0 aromatic carbocycles. The van der Waals surface area contributed by atoms with Gasteiger partial charge in [0.05, 0.1) is 6.33 Å². The lowest BCUT2D eigenvalue weighted by Gasteiger charge is -2.12. The summed E-state index contributed by atoms with van der Waals surface area (Å²) in [5.74, 6) is 0. The van der Waals surface area contributed by atoms with E-state index in [1.165, 1.54) is 38.5 Å². The Labute approximate surface area is 104 Å². The van der Waals surface area contributed by atoms with Crippen molar-refractivity contribution < 1.29 is 0 Å². The van der Waals surface area contributed by atoms with Crippen molar-refractivity contribution in [2.75, 3.05) is 13.1 Å². The van der Waals surface area contributed by atoms with Crippen LogP contribution in [0.5, 0.6) is 0 Å². The summed E-state index contributed by atoms with van der Waals surface area (Å²) in [5.41, 5.74) is 1.67. The van der Waals surface area contributed by atoms with Crippen LogP contribution in [-0.4, -0.2) is 22.6 Å². The number of aromatic nitrogens is 2. The first kappa shape index (κ1) is 12.4. The summed E-state index contributed by atoms with van der Waals surface area (Å²) in [6, 6.07) is 0. The monoisotopic (exact) mass is 233 g/mol. The van der Waals surface area contributed by atoms with Crippen molar-refractivity contribution in [1.29, 1.82) is 0 Å². The molecule has 1 N–H and O–H groups in total. The van der Waals surface area contributed by atoms with E-state index in [2.05, 4.69) is 20.9 Å². The molecule has 0 aliphatic heterocycles. The maximum atomic E-state index is 4.03. The first-order chi connectivity index (χ1) is 8.45. The lowest BCUT2D eigenvalue weighted by Crippen LogP contribution is -2.18. The molecule has 1 aliphatic carbocycles. The minimum absolute atomic E-state index is 1.07. The van der Waals surface area contributed by atoms with Crippen LogP contribution in [0.1, 0.15) is 38.5 Å². The summed E-state index contributed by atoms with van der Waals surface area (Å²) < 4.78 is 2.13. The van der Waals surface area contributed by atoms with Crippen LogP contribution < -0.4 is 5.32 Å². The molecule has 0 saturated heterocycles. The van der Waals surface area contributed by atoms with Gasteiger partial charge in [-0.3, -0.25) is 0 Å². The maximum Gasteiger partial charge on any atom is 0.0945 e. The van der Waals surface area contributed by atoms with Gasteiger partial charge in [-0.05, 0) is 51.6 Å². The van der Waals surface area contributed by atoms with Crippen molar-refractivity contribution in [2.24, 2.45) is 0 Å². The zero-order valence-electron chi connectivity index (χ0n) is 10.6. The van der Waals surface area contributed by atoms with Crippen molar-refractivity contribution in [3.8, 4) is 0 Å². The Morgan fingerprint density at radius 1 is 1.29 bits per heavy atom. The van der Waals surface area contributed by atoms with E-state index in [-0.39, 0.29) is 0 Å². The van der Waals surface area contributed by atoms with Gasteiger partial charge in [-0.25, -0.2) is 4.98 Å². The van der Waals surface area contributed by atoms with Gasteiger partial charge in [0, 0.05) is 18.9 Å². The molecule has 2 rings (SSSR count). The van der Waals surface area contributed by atoms with Crippen molar-refractivity contribution in [3.05, 3.63) is 30.4 Å². The fourth-order valence-electron chi connectivity index (χ4n) is 2.31. The lowest BCUT2D eigenvalue weighted by atomic mass is 9.97. The molecule has 0 spiro atoms. The van der Waals surface area contributed by atoms with Crippen LogP contribution in [0.2, 0.25) is 0 Å². The highest BCUT2D eigenvalue weighted by Crippen LogP contribution is 2.19. The van der Waals surface area contributed by atoms with E-state index in [4.69, 9.17) is 0 Å². The SMILES string of the molecule is C1=C(CCNCCCn2ccnc2)CCCC1. The Hall–Kier alpha value is -1.09. The van der Waals surface area contributed by atoms with Crippen LogP contribution in [0.3, 0.4) is 0 Å². The molecule has 1 heterocycles. The fraction of sp³-hybridized carbons (Fsp3) is 0.643. The number of hydrogen-bond acceptors (Lipinski definition) is 2. The third kappa shape index (κ3) is 4.73. The van der Waals surface area contributed by atoms with E-state index < -0.39 is 0 Å². The summed E-state index contributed by atoms with van der Waals surface area (Å²) in [5, 5.41) is 3.52. The number of hydrogen-bond donors (Lipinski definition) is 1. The predicted octanol–water partition coefficient (Wildman–Crippen LogP) is 2.75. The Balaban J connectivity index is 1.47. The Morgan fingerprint density at radius 2 is 2.29 bits per heavy atom. The third-order valence-corrected chi connectivity index (χ3v) is 3.34. The van der Waals surface area contributed by atoms with Gasteiger partial charge >= 0.3 is 0 Å². The smallest absolute Gasteiger partial charge is 0.0945 e. The number of rotatable bonds is 7. The van der Waals surface area contributed by atoms with Crippen LogP contribution >= 0.6 is 0 Å². The largest absolute Gasteiger partial charge is 0.337 e. The van der Waals surface area contributed by atoms with Gasteiger partial charge in [-0.15, -0.1) is 0 Å². The van der Waals surface area contributed by atoms with Crippen LogP contribution in [0, 0.1) is 0 Å². The van der Waals surface area contributed by atoms with Gasteiger partial charge in [0.25, 0.3) is 0 Å². The maximum absolute atomic E-state index is 4.03. The van der Waals surface area contributed by atoms with Gasteiger partial charge in [0.15, 0.2) is 0 Å². The molecule has 3 nitrogen and oxygen atoms in total. The highest BCUT2D eigenvalue weighted by Gasteiger charge is 2.02. The molecular formula is C14H23N3. The molecule has 17 heavy (non-hydrogen) atoms. The van der Waals surface area contributed by atoms with Crippen LogP contribution in [-0.2, 0) is 6.54 Å². The normalized spacial score (nSPS) is 15.9. The second kappa shape index (κ2) is 7.28. The van der Waals surface area contributed by atoms with Crippen molar-refractivity contribution in [3.63, 3.8) is 0 Å². The summed E-state index contributed by atoms with van der Waals surface area (Å²) in [7, 11) is 0. The van der Waals surface area contributed by atoms with E-state index in [1.54, 1.807) is 5.57 Å². The van der Waals surface area contributed by atoms with E-state index in [9.17, 15) is 0 Å². The Kier molecular flexibility index (Phi) is 5.30. The number of imidazole rings is 1. The fourth-order valence-corrected chi connectivity index (χ4v) is 2.31. The molecule has 0 radical (unpaired) electrons. The molecule has 1 aromatic heterocycles. The zero-order chi connectivity index (χ0) is 11.8. The second-order valence-corrected chi connectivity index (χ2v) is 4.76. The summed E-state index contributed by atoms with van der Waals surface area (Å²) in [6.45, 7) is 3.30. The molecule has 3 heteroatoms. The van der Waals surface area contributed by atoms with Crippen LogP contribution in [0.15, 0.2) is 30.4 Å². The highest BCUT2D eigenvalue weighted by atomic mass is 15.0. The lowest BCUT2D eigenvalue weighted by molar-refractivity contribution is 0.573. The quantitative estimate of drug-likeness (QED) is 0.579. The van der Waals surface area contributed by atoms with Gasteiger partial charge in [-0.2, -0.15) is 0 Å². The minimum atomic E-state index is 1.07. The second-order valence-electron chi connectivity index (χ2n) is 4.76. The van der Waals surface area contributed by atoms with Gasteiger partial charge in [0.2, 0.25) is 0 Å². The van der Waals surface area contributed by atoms with E-state index >= 15 is 0 Å². The molecule has 0 unspecified atom stereocenters. The van der Waals surface area contributed by atoms with Crippen LogP contribution in [0.4, 0.5) is 0 Å². The van der Waals surface area contributed by atoms with Crippen molar-refractivity contribution >= 4 is 0 Å². The summed E-state index contributed by atoms with van der Waals surface area (Å²) in [6.07, 6.45) is 16.0. The summed E-state index contributed by atoms with van der Waals surface area (Å²) in [4.78, 5) is 4.03. The van der Waals surface area contributed by atoms with Gasteiger partial charge in [0.1, 0.15) is 0 Å². The van der Waals surface area contributed by atoms with Crippen LogP contribution in [0.25, 0.3) is 0 Å². The van der Waals surface area contributed by atoms with Crippen molar-refractivity contribution in [2.45, 2.75) is 45.1 Å². The first-order valence-corrected chi connectivity index (χ1v) is 6.79. The highest BCUT2D eigenvalue weighted by molar-refractivity contribution is 5.05. The summed E-state index contributed by atoms with van der Waals surface area (Å²) >= 11 is 0. The third-order valence-electron chi connectivity index (χ3n) is 3.34. The molecule has 0 atom stereocenters. The average molecular weight is 233 g/mol. The molecule has 1 aromatic rings. The molecule has 1 aliphatic rings. The number of allylic oxidation sites excluding steroid dienone is 1. The molecule has 0 fully saturated rings. The van der Waals surface area contributed by atoms with Gasteiger partial charge in [-0.1, -0.05) is 11.6 Å². The van der Waals surface area contributed by atoms with E-state index in [1.807, 2.05) is 18.7 Å². The molecule has 0 saturated carbocycles. The predicted molar refractivity (Wildman–Crippen MR) is 70.9 cm³/mol. The minimum Gasteiger partial charge on any atom is -0.337 e. The molecule has 0 bridgehead atoms. The number of nitrogens with zero attached hydrogens (tertiary/aromatic N) is 2. The first-order valence-electron chi connectivity index (χ1n) is 6.79. The number of aryl methyl sites for hydroxylation is 1. The van der Waals surface area contributed by atoms with E-state index in [0.29, 0.717) is 0 Å². The number of nitrogens with one attached hydrogen (secondary N) is 1. The van der Waals surface area contributed by atoms with Crippen molar-refractivity contribution in [1.82, 2.24) is 14.9 Å². The van der Waals surface area contributed by atoms with Gasteiger partial charge < -0.3 is 9.88 Å². The Bertz CT molecular complexity index is 327. The van der Waals surface area contributed by atoms with E-state index in [0.717, 1.165) is 19.6 Å². The Morgan fingerprint density at radius 3 is 3.06 bits per heavy atom. The molecule has 94 valence electrons. The topological polar surface area (TPSA) is 29.9 Å².